The molecule has 7 rings (SSSR count). The molecule has 2 heterocycles. The van der Waals surface area contributed by atoms with E-state index >= 15 is 0 Å². The van der Waals surface area contributed by atoms with Gasteiger partial charge in [0.25, 0.3) is 11.8 Å². The highest BCUT2D eigenvalue weighted by Gasteiger charge is 2.20. The summed E-state index contributed by atoms with van der Waals surface area (Å²) in [7, 11) is 0. The van der Waals surface area contributed by atoms with Gasteiger partial charge < -0.3 is 0 Å². The van der Waals surface area contributed by atoms with Crippen LogP contribution >= 0.6 is 0 Å². The zero-order valence-corrected chi connectivity index (χ0v) is 19.3. The highest BCUT2D eigenvalue weighted by atomic mass is 16.2. The minimum absolute atomic E-state index is 0.122. The lowest BCUT2D eigenvalue weighted by Crippen LogP contribution is -2.14. The van der Waals surface area contributed by atoms with Crippen LogP contribution in [-0.2, 0) is 0 Å². The molecule has 0 atom stereocenters. The van der Waals surface area contributed by atoms with Crippen LogP contribution in [0.4, 0.5) is 0 Å². The third-order valence-corrected chi connectivity index (χ3v) is 6.95. The molecule has 0 aliphatic rings. The standard InChI is InChI=1S/C32H20N2O2/c35-31(33-27-13-5-1-9-23(27)24-10-2-6-14-28(24)33)21-17-19-22(20-18-21)32(36)34-29-15-7-3-11-25(29)26-12-4-8-16-30(26)34/h1-20H. The maximum atomic E-state index is 13.7. The van der Waals surface area contributed by atoms with Gasteiger partial charge in [-0.1, -0.05) is 72.8 Å². The van der Waals surface area contributed by atoms with Gasteiger partial charge in [0.1, 0.15) is 0 Å². The van der Waals surface area contributed by atoms with Gasteiger partial charge in [-0.2, -0.15) is 0 Å². The summed E-state index contributed by atoms with van der Waals surface area (Å²) in [6.07, 6.45) is 0. The van der Waals surface area contributed by atoms with Crippen LogP contribution in [0.1, 0.15) is 20.7 Å². The Morgan fingerprint density at radius 3 is 0.889 bits per heavy atom. The summed E-state index contributed by atoms with van der Waals surface area (Å²) in [6, 6.07) is 38.7. The largest absolute Gasteiger partial charge is 0.276 e. The molecule has 0 unspecified atom stereocenters. The molecule has 2 aromatic heterocycles. The molecule has 0 fully saturated rings. The Hall–Kier alpha value is -4.96. The average Bonchev–Trinajstić information content (AvgIpc) is 3.46. The summed E-state index contributed by atoms with van der Waals surface area (Å²) in [5.41, 5.74) is 4.53. The highest BCUT2D eigenvalue weighted by Crippen LogP contribution is 2.31. The van der Waals surface area contributed by atoms with Crippen molar-refractivity contribution in [2.45, 2.75) is 0 Å². The molecule has 0 saturated heterocycles. The predicted octanol–water partition coefficient (Wildman–Crippen LogP) is 7.28. The van der Waals surface area contributed by atoms with Crippen molar-refractivity contribution in [3.05, 3.63) is 132 Å². The van der Waals surface area contributed by atoms with Crippen LogP contribution in [-0.4, -0.2) is 20.9 Å². The molecule has 0 amide bonds. The summed E-state index contributed by atoms with van der Waals surface area (Å²) < 4.78 is 3.52. The SMILES string of the molecule is O=C(c1ccc(C(=O)n2c3ccccc3c3ccccc32)cc1)n1c2ccccc2c2ccccc21. The van der Waals surface area contributed by atoms with E-state index in [0.717, 1.165) is 43.6 Å². The molecule has 0 bridgehead atoms. The van der Waals surface area contributed by atoms with E-state index in [1.165, 1.54) is 0 Å². The van der Waals surface area contributed by atoms with Crippen molar-refractivity contribution in [1.29, 1.82) is 0 Å². The minimum atomic E-state index is -0.122. The summed E-state index contributed by atoms with van der Waals surface area (Å²) in [6.45, 7) is 0. The number of fused-ring (bicyclic) bond motifs is 6. The van der Waals surface area contributed by atoms with Gasteiger partial charge in [-0.15, -0.1) is 0 Å². The molecule has 7 aromatic rings. The van der Waals surface area contributed by atoms with Crippen molar-refractivity contribution in [2.75, 3.05) is 0 Å². The summed E-state index contributed by atoms with van der Waals surface area (Å²) in [5.74, 6) is -0.244. The van der Waals surface area contributed by atoms with Crippen molar-refractivity contribution < 1.29 is 9.59 Å². The Labute approximate surface area is 206 Å². The molecule has 4 heteroatoms. The number of hydrogen-bond acceptors (Lipinski definition) is 2. The molecule has 170 valence electrons. The Bertz CT molecular complexity index is 1720. The lowest BCUT2D eigenvalue weighted by molar-refractivity contribution is 0.0957. The second-order valence-electron chi connectivity index (χ2n) is 8.93. The van der Waals surface area contributed by atoms with E-state index < -0.39 is 0 Å². The molecule has 0 radical (unpaired) electrons. The van der Waals surface area contributed by atoms with Gasteiger partial charge >= 0.3 is 0 Å². The third-order valence-electron chi connectivity index (χ3n) is 6.95. The maximum Gasteiger partial charge on any atom is 0.262 e. The summed E-state index contributed by atoms with van der Waals surface area (Å²) >= 11 is 0. The van der Waals surface area contributed by atoms with Gasteiger partial charge in [0.2, 0.25) is 0 Å². The quantitative estimate of drug-likeness (QED) is 0.270. The Morgan fingerprint density at radius 1 is 0.361 bits per heavy atom. The number of rotatable bonds is 2. The van der Waals surface area contributed by atoms with Crippen molar-refractivity contribution in [1.82, 2.24) is 9.13 Å². The van der Waals surface area contributed by atoms with Crippen molar-refractivity contribution in [3.8, 4) is 0 Å². The molecule has 0 N–H and O–H groups in total. The van der Waals surface area contributed by atoms with Gasteiger partial charge in [0.05, 0.1) is 22.1 Å². The number of nitrogens with zero attached hydrogens (tertiary/aromatic N) is 2. The van der Waals surface area contributed by atoms with Crippen LogP contribution in [0.25, 0.3) is 43.6 Å². The molecule has 0 aliphatic heterocycles. The van der Waals surface area contributed by atoms with Crippen molar-refractivity contribution in [3.63, 3.8) is 0 Å². The molecular formula is C32H20N2O2. The fourth-order valence-corrected chi connectivity index (χ4v) is 5.30. The van der Waals surface area contributed by atoms with Crippen molar-refractivity contribution in [2.24, 2.45) is 0 Å². The van der Waals surface area contributed by atoms with E-state index in [1.807, 2.05) is 97.1 Å². The van der Waals surface area contributed by atoms with Gasteiger partial charge in [-0.05, 0) is 48.5 Å². The molecule has 0 aliphatic carbocycles. The first kappa shape index (κ1) is 20.4. The topological polar surface area (TPSA) is 44.0 Å². The van der Waals surface area contributed by atoms with Gasteiger partial charge in [-0.3, -0.25) is 18.7 Å². The summed E-state index contributed by atoms with van der Waals surface area (Å²) in [5, 5.41) is 4.17. The fraction of sp³-hybridized carbons (Fsp3) is 0. The number of carbonyl (C=O) groups is 2. The lowest BCUT2D eigenvalue weighted by atomic mass is 10.1. The number of aromatic nitrogens is 2. The number of hydrogen-bond donors (Lipinski definition) is 0. The Balaban J connectivity index is 1.32. The van der Waals surface area contributed by atoms with E-state index in [1.54, 1.807) is 33.4 Å². The van der Waals surface area contributed by atoms with Crippen LogP contribution in [0.15, 0.2) is 121 Å². The smallest absolute Gasteiger partial charge is 0.262 e. The third kappa shape index (κ3) is 2.88. The Kier molecular flexibility index (Phi) is 4.42. The summed E-state index contributed by atoms with van der Waals surface area (Å²) in [4.78, 5) is 27.3. The van der Waals surface area contributed by atoms with Crippen LogP contribution in [0.5, 0.6) is 0 Å². The fourth-order valence-electron chi connectivity index (χ4n) is 5.30. The van der Waals surface area contributed by atoms with E-state index in [-0.39, 0.29) is 11.8 Å². The first-order valence-corrected chi connectivity index (χ1v) is 11.9. The van der Waals surface area contributed by atoms with Crippen LogP contribution < -0.4 is 0 Å². The van der Waals surface area contributed by atoms with Gasteiger partial charge in [0, 0.05) is 32.7 Å². The molecule has 0 saturated carbocycles. The van der Waals surface area contributed by atoms with Gasteiger partial charge in [0.15, 0.2) is 0 Å². The number of benzene rings is 5. The second kappa shape index (κ2) is 7.79. The first-order chi connectivity index (χ1) is 17.7. The molecular weight excluding hydrogens is 444 g/mol. The highest BCUT2D eigenvalue weighted by molar-refractivity contribution is 6.18. The minimum Gasteiger partial charge on any atom is -0.276 e. The van der Waals surface area contributed by atoms with E-state index in [2.05, 4.69) is 0 Å². The molecule has 4 nitrogen and oxygen atoms in total. The van der Waals surface area contributed by atoms with Crippen LogP contribution in [0, 0.1) is 0 Å². The van der Waals surface area contributed by atoms with E-state index in [4.69, 9.17) is 0 Å². The van der Waals surface area contributed by atoms with E-state index in [9.17, 15) is 9.59 Å². The van der Waals surface area contributed by atoms with Gasteiger partial charge in [-0.25, -0.2) is 0 Å². The zero-order chi connectivity index (χ0) is 24.2. The molecule has 36 heavy (non-hydrogen) atoms. The number of para-hydroxylation sites is 4. The maximum absolute atomic E-state index is 13.7. The monoisotopic (exact) mass is 464 g/mol. The lowest BCUT2D eigenvalue weighted by Gasteiger charge is -2.09. The Morgan fingerprint density at radius 2 is 0.611 bits per heavy atom. The number of carbonyl (C=O) groups excluding carboxylic acids is 2. The van der Waals surface area contributed by atoms with Crippen molar-refractivity contribution >= 4 is 55.4 Å². The van der Waals surface area contributed by atoms with Crippen LogP contribution in [0.3, 0.4) is 0 Å². The van der Waals surface area contributed by atoms with Crippen LogP contribution in [0.2, 0.25) is 0 Å². The molecule has 0 spiro atoms. The zero-order valence-electron chi connectivity index (χ0n) is 19.3. The predicted molar refractivity (Wildman–Crippen MR) is 145 cm³/mol. The molecule has 5 aromatic carbocycles. The normalized spacial score (nSPS) is 11.6. The van der Waals surface area contributed by atoms with E-state index in [0.29, 0.717) is 11.1 Å². The second-order valence-corrected chi connectivity index (χ2v) is 8.93. The first-order valence-electron chi connectivity index (χ1n) is 11.9. The average molecular weight is 465 g/mol.